The number of alkyl carbamates (subject to hydrolysis) is 1. The molecular formula is C19H36N2O2. The third kappa shape index (κ3) is 6.70. The minimum atomic E-state index is -0.425. The molecule has 134 valence electrons. The number of ether oxygens (including phenoxy) is 1. The molecule has 2 aliphatic carbocycles. The fourth-order valence-electron chi connectivity index (χ4n) is 3.95. The highest BCUT2D eigenvalue weighted by Gasteiger charge is 2.29. The summed E-state index contributed by atoms with van der Waals surface area (Å²) in [6, 6.07) is 0.776. The van der Waals surface area contributed by atoms with Gasteiger partial charge in [-0.1, -0.05) is 26.2 Å². The Hall–Kier alpha value is -0.770. The Morgan fingerprint density at radius 1 is 1.09 bits per heavy atom. The maximum atomic E-state index is 11.9. The maximum absolute atomic E-state index is 11.9. The lowest BCUT2D eigenvalue weighted by molar-refractivity contribution is 0.0487. The van der Waals surface area contributed by atoms with Gasteiger partial charge in [0.25, 0.3) is 0 Å². The summed E-state index contributed by atoms with van der Waals surface area (Å²) >= 11 is 0. The molecule has 2 aliphatic rings. The second kappa shape index (κ2) is 7.87. The van der Waals surface area contributed by atoms with Gasteiger partial charge in [-0.15, -0.1) is 0 Å². The highest BCUT2D eigenvalue weighted by molar-refractivity contribution is 5.68. The van der Waals surface area contributed by atoms with Crippen molar-refractivity contribution in [3.8, 4) is 0 Å². The van der Waals surface area contributed by atoms with E-state index in [0.717, 1.165) is 19.4 Å². The highest BCUT2D eigenvalue weighted by atomic mass is 16.6. The molecule has 2 unspecified atom stereocenters. The van der Waals surface area contributed by atoms with Crippen molar-refractivity contribution in [2.24, 2.45) is 5.41 Å². The molecule has 23 heavy (non-hydrogen) atoms. The van der Waals surface area contributed by atoms with E-state index in [0.29, 0.717) is 11.5 Å². The summed E-state index contributed by atoms with van der Waals surface area (Å²) in [6.07, 6.45) is 11.1. The number of carbonyl (C=O) groups is 1. The van der Waals surface area contributed by atoms with Gasteiger partial charge in [0.1, 0.15) is 5.60 Å². The first-order valence-electron chi connectivity index (χ1n) is 9.49. The van der Waals surface area contributed by atoms with Gasteiger partial charge in [-0.3, -0.25) is 0 Å². The molecule has 2 atom stereocenters. The van der Waals surface area contributed by atoms with Crippen molar-refractivity contribution in [2.45, 2.75) is 103 Å². The summed E-state index contributed by atoms with van der Waals surface area (Å²) in [6.45, 7) is 9.27. The molecule has 2 saturated carbocycles. The van der Waals surface area contributed by atoms with Crippen LogP contribution in [0.2, 0.25) is 0 Å². The maximum Gasteiger partial charge on any atom is 0.407 e. The molecule has 0 aromatic heterocycles. The van der Waals surface area contributed by atoms with Crippen LogP contribution in [-0.4, -0.2) is 30.3 Å². The topological polar surface area (TPSA) is 50.4 Å². The predicted octanol–water partition coefficient (Wildman–Crippen LogP) is 4.38. The van der Waals surface area contributed by atoms with Crippen molar-refractivity contribution in [3.63, 3.8) is 0 Å². The van der Waals surface area contributed by atoms with Gasteiger partial charge in [0.05, 0.1) is 0 Å². The monoisotopic (exact) mass is 324 g/mol. The Labute approximate surface area is 142 Å². The van der Waals surface area contributed by atoms with Gasteiger partial charge in [-0.25, -0.2) is 4.79 Å². The van der Waals surface area contributed by atoms with Gasteiger partial charge in [0.15, 0.2) is 0 Å². The SMILES string of the molecule is CC1(CNC2CCCC(NC(=O)OC(C)(C)C)C2)CCCCC1. The van der Waals surface area contributed by atoms with E-state index >= 15 is 0 Å². The second-order valence-corrected chi connectivity index (χ2v) is 8.96. The zero-order chi connectivity index (χ0) is 16.9. The Balaban J connectivity index is 1.73. The number of rotatable bonds is 4. The number of hydrogen-bond donors (Lipinski definition) is 2. The van der Waals surface area contributed by atoms with E-state index in [4.69, 9.17) is 4.74 Å². The summed E-state index contributed by atoms with van der Waals surface area (Å²) in [5.41, 5.74) is 0.0514. The molecule has 2 N–H and O–H groups in total. The lowest BCUT2D eigenvalue weighted by atomic mass is 9.75. The van der Waals surface area contributed by atoms with Crippen LogP contribution < -0.4 is 10.6 Å². The molecule has 0 heterocycles. The van der Waals surface area contributed by atoms with Crippen LogP contribution in [0.1, 0.15) is 85.5 Å². The molecule has 0 bridgehead atoms. The minimum absolute atomic E-state index is 0.246. The van der Waals surface area contributed by atoms with E-state index in [1.165, 1.54) is 44.9 Å². The molecule has 4 nitrogen and oxygen atoms in total. The summed E-state index contributed by atoms with van der Waals surface area (Å²) in [5, 5.41) is 6.84. The molecule has 4 heteroatoms. The van der Waals surface area contributed by atoms with Gasteiger partial charge >= 0.3 is 6.09 Å². The standard InChI is InChI=1S/C19H36N2O2/c1-18(2,3)23-17(22)21-16-10-8-9-15(13-16)20-14-19(4)11-6-5-7-12-19/h15-16,20H,5-14H2,1-4H3,(H,21,22). The molecule has 0 radical (unpaired) electrons. The van der Waals surface area contributed by atoms with Crippen LogP contribution in [0, 0.1) is 5.41 Å². The lowest BCUT2D eigenvalue weighted by Gasteiger charge is -2.37. The van der Waals surface area contributed by atoms with Crippen molar-refractivity contribution in [2.75, 3.05) is 6.54 Å². The van der Waals surface area contributed by atoms with Crippen molar-refractivity contribution < 1.29 is 9.53 Å². The quantitative estimate of drug-likeness (QED) is 0.806. The third-order valence-corrected chi connectivity index (χ3v) is 5.27. The number of amides is 1. The molecule has 0 aromatic carbocycles. The van der Waals surface area contributed by atoms with Crippen molar-refractivity contribution >= 4 is 6.09 Å². The first kappa shape index (κ1) is 18.6. The van der Waals surface area contributed by atoms with E-state index in [-0.39, 0.29) is 12.1 Å². The second-order valence-electron chi connectivity index (χ2n) is 8.96. The Bertz CT molecular complexity index is 383. The normalized spacial score (nSPS) is 28.2. The Morgan fingerprint density at radius 3 is 2.39 bits per heavy atom. The van der Waals surface area contributed by atoms with E-state index in [1.807, 2.05) is 20.8 Å². The molecule has 2 rings (SSSR count). The van der Waals surface area contributed by atoms with Crippen LogP contribution in [0.3, 0.4) is 0 Å². The fraction of sp³-hybridized carbons (Fsp3) is 0.947. The zero-order valence-corrected chi connectivity index (χ0v) is 15.5. The summed E-state index contributed by atoms with van der Waals surface area (Å²) in [5.74, 6) is 0. The van der Waals surface area contributed by atoms with Crippen LogP contribution in [0.25, 0.3) is 0 Å². The minimum Gasteiger partial charge on any atom is -0.444 e. The van der Waals surface area contributed by atoms with Crippen LogP contribution >= 0.6 is 0 Å². The van der Waals surface area contributed by atoms with E-state index in [1.54, 1.807) is 0 Å². The molecule has 0 spiro atoms. The van der Waals surface area contributed by atoms with Gasteiger partial charge in [0.2, 0.25) is 0 Å². The van der Waals surface area contributed by atoms with Crippen LogP contribution in [-0.2, 0) is 4.74 Å². The van der Waals surface area contributed by atoms with Gasteiger partial charge in [-0.05, 0) is 64.7 Å². The van der Waals surface area contributed by atoms with Crippen LogP contribution in [0.5, 0.6) is 0 Å². The molecule has 1 amide bonds. The van der Waals surface area contributed by atoms with Gasteiger partial charge < -0.3 is 15.4 Å². The Kier molecular flexibility index (Phi) is 6.35. The largest absolute Gasteiger partial charge is 0.444 e. The molecule has 0 saturated heterocycles. The average molecular weight is 325 g/mol. The highest BCUT2D eigenvalue weighted by Crippen LogP contribution is 2.35. The van der Waals surface area contributed by atoms with E-state index in [2.05, 4.69) is 17.6 Å². The Morgan fingerprint density at radius 2 is 1.74 bits per heavy atom. The molecular weight excluding hydrogens is 288 g/mol. The summed E-state index contributed by atoms with van der Waals surface area (Å²) in [7, 11) is 0. The smallest absolute Gasteiger partial charge is 0.407 e. The first-order valence-corrected chi connectivity index (χ1v) is 9.49. The molecule has 2 fully saturated rings. The molecule has 0 aromatic rings. The molecule has 0 aliphatic heterocycles. The van der Waals surface area contributed by atoms with E-state index in [9.17, 15) is 4.79 Å². The number of hydrogen-bond acceptors (Lipinski definition) is 3. The predicted molar refractivity (Wildman–Crippen MR) is 94.6 cm³/mol. The van der Waals surface area contributed by atoms with Gasteiger partial charge in [-0.2, -0.15) is 0 Å². The average Bonchev–Trinajstić information content (AvgIpc) is 2.44. The van der Waals surface area contributed by atoms with Crippen molar-refractivity contribution in [1.29, 1.82) is 0 Å². The fourth-order valence-corrected chi connectivity index (χ4v) is 3.95. The van der Waals surface area contributed by atoms with Crippen LogP contribution in [0.4, 0.5) is 4.79 Å². The van der Waals surface area contributed by atoms with E-state index < -0.39 is 5.60 Å². The van der Waals surface area contributed by atoms with Crippen molar-refractivity contribution in [1.82, 2.24) is 10.6 Å². The summed E-state index contributed by atoms with van der Waals surface area (Å²) in [4.78, 5) is 11.9. The third-order valence-electron chi connectivity index (χ3n) is 5.27. The van der Waals surface area contributed by atoms with Crippen molar-refractivity contribution in [3.05, 3.63) is 0 Å². The summed E-state index contributed by atoms with van der Waals surface area (Å²) < 4.78 is 5.38. The zero-order valence-electron chi connectivity index (χ0n) is 15.5. The lowest BCUT2D eigenvalue weighted by Crippen LogP contribution is -2.47. The number of carbonyl (C=O) groups excluding carboxylic acids is 1. The number of nitrogens with one attached hydrogen (secondary N) is 2. The van der Waals surface area contributed by atoms with Crippen LogP contribution in [0.15, 0.2) is 0 Å². The van der Waals surface area contributed by atoms with Gasteiger partial charge in [0, 0.05) is 18.6 Å². The first-order chi connectivity index (χ1) is 10.8.